The SMILES string of the molecule is CC1CCCCN1C(=O)Cn1ccnc1Cl. The van der Waals surface area contributed by atoms with Gasteiger partial charge < -0.3 is 9.47 Å². The van der Waals surface area contributed by atoms with Crippen molar-refractivity contribution in [1.82, 2.24) is 14.5 Å². The molecular weight excluding hydrogens is 226 g/mol. The average molecular weight is 242 g/mol. The summed E-state index contributed by atoms with van der Waals surface area (Å²) < 4.78 is 1.67. The molecule has 2 heterocycles. The number of nitrogens with zero attached hydrogens (tertiary/aromatic N) is 3. The first kappa shape index (κ1) is 11.5. The van der Waals surface area contributed by atoms with Crippen LogP contribution in [0.5, 0.6) is 0 Å². The van der Waals surface area contributed by atoms with Crippen molar-refractivity contribution in [3.63, 3.8) is 0 Å². The summed E-state index contributed by atoms with van der Waals surface area (Å²) in [5, 5.41) is 0.373. The van der Waals surface area contributed by atoms with Crippen molar-refractivity contribution in [2.75, 3.05) is 6.54 Å². The van der Waals surface area contributed by atoms with Gasteiger partial charge in [-0.3, -0.25) is 4.79 Å². The van der Waals surface area contributed by atoms with Gasteiger partial charge >= 0.3 is 0 Å². The van der Waals surface area contributed by atoms with Crippen LogP contribution in [0.25, 0.3) is 0 Å². The van der Waals surface area contributed by atoms with Gasteiger partial charge in [0.25, 0.3) is 0 Å². The molecule has 1 aromatic rings. The monoisotopic (exact) mass is 241 g/mol. The zero-order chi connectivity index (χ0) is 11.5. The van der Waals surface area contributed by atoms with Crippen LogP contribution in [0.2, 0.25) is 5.28 Å². The van der Waals surface area contributed by atoms with Crippen LogP contribution in [0.1, 0.15) is 26.2 Å². The van der Waals surface area contributed by atoms with E-state index in [1.165, 1.54) is 6.42 Å². The van der Waals surface area contributed by atoms with Gasteiger partial charge in [0.05, 0.1) is 0 Å². The summed E-state index contributed by atoms with van der Waals surface area (Å²) in [4.78, 5) is 17.9. The van der Waals surface area contributed by atoms with Crippen LogP contribution in [0.15, 0.2) is 12.4 Å². The van der Waals surface area contributed by atoms with Gasteiger partial charge in [0, 0.05) is 25.0 Å². The van der Waals surface area contributed by atoms with Crippen LogP contribution in [-0.4, -0.2) is 32.9 Å². The molecule has 5 heteroatoms. The van der Waals surface area contributed by atoms with Crippen molar-refractivity contribution in [2.45, 2.75) is 38.8 Å². The molecule has 1 saturated heterocycles. The molecule has 88 valence electrons. The third-order valence-corrected chi connectivity index (χ3v) is 3.41. The van der Waals surface area contributed by atoms with E-state index in [2.05, 4.69) is 11.9 Å². The van der Waals surface area contributed by atoms with Crippen molar-refractivity contribution < 1.29 is 4.79 Å². The van der Waals surface area contributed by atoms with E-state index in [1.807, 2.05) is 4.90 Å². The minimum absolute atomic E-state index is 0.132. The molecule has 0 N–H and O–H groups in total. The number of likely N-dealkylation sites (tertiary alicyclic amines) is 1. The smallest absolute Gasteiger partial charge is 0.242 e. The lowest BCUT2D eigenvalue weighted by Gasteiger charge is -2.33. The largest absolute Gasteiger partial charge is 0.338 e. The summed E-state index contributed by atoms with van der Waals surface area (Å²) in [5.74, 6) is 0.132. The summed E-state index contributed by atoms with van der Waals surface area (Å²) in [6.45, 7) is 3.27. The van der Waals surface area contributed by atoms with Crippen LogP contribution < -0.4 is 0 Å². The lowest BCUT2D eigenvalue weighted by Crippen LogP contribution is -2.43. The first-order valence-corrected chi connectivity index (χ1v) is 6.02. The van der Waals surface area contributed by atoms with Crippen molar-refractivity contribution in [3.05, 3.63) is 17.7 Å². The van der Waals surface area contributed by atoms with Crippen LogP contribution >= 0.6 is 11.6 Å². The van der Waals surface area contributed by atoms with Gasteiger partial charge in [-0.1, -0.05) is 0 Å². The number of carbonyl (C=O) groups is 1. The molecule has 1 atom stereocenters. The first-order chi connectivity index (χ1) is 7.68. The Bertz CT molecular complexity index is 377. The molecule has 0 spiro atoms. The molecule has 0 aromatic carbocycles. The Morgan fingerprint density at radius 1 is 1.62 bits per heavy atom. The first-order valence-electron chi connectivity index (χ1n) is 5.64. The number of aromatic nitrogens is 2. The van der Waals surface area contributed by atoms with Crippen molar-refractivity contribution in [2.24, 2.45) is 0 Å². The lowest BCUT2D eigenvalue weighted by molar-refractivity contribution is -0.135. The zero-order valence-corrected chi connectivity index (χ0v) is 10.2. The third kappa shape index (κ3) is 2.38. The normalized spacial score (nSPS) is 21.1. The standard InChI is InChI=1S/C11H16ClN3O/c1-9-4-2-3-6-15(9)10(16)8-14-7-5-13-11(14)12/h5,7,9H,2-4,6,8H2,1H3. The summed E-state index contributed by atoms with van der Waals surface area (Å²) in [7, 11) is 0. The number of carbonyl (C=O) groups excluding carboxylic acids is 1. The molecule has 0 bridgehead atoms. The Kier molecular flexibility index (Phi) is 3.49. The van der Waals surface area contributed by atoms with Crippen molar-refractivity contribution in [1.29, 1.82) is 0 Å². The van der Waals surface area contributed by atoms with Gasteiger partial charge in [0.15, 0.2) is 0 Å². The van der Waals surface area contributed by atoms with E-state index in [0.29, 0.717) is 17.9 Å². The molecule has 0 aliphatic carbocycles. The highest BCUT2D eigenvalue weighted by Crippen LogP contribution is 2.17. The predicted octanol–water partition coefficient (Wildman–Crippen LogP) is 1.94. The van der Waals surface area contributed by atoms with Gasteiger partial charge in [-0.25, -0.2) is 4.98 Å². The highest BCUT2D eigenvalue weighted by Gasteiger charge is 2.23. The molecule has 0 saturated carbocycles. The molecule has 1 amide bonds. The van der Waals surface area contributed by atoms with Crippen LogP contribution in [0, 0.1) is 0 Å². The maximum absolute atomic E-state index is 12.0. The van der Waals surface area contributed by atoms with E-state index >= 15 is 0 Å². The van der Waals surface area contributed by atoms with E-state index in [-0.39, 0.29) is 5.91 Å². The highest BCUT2D eigenvalue weighted by atomic mass is 35.5. The van der Waals surface area contributed by atoms with E-state index in [1.54, 1.807) is 17.0 Å². The Morgan fingerprint density at radius 3 is 3.06 bits per heavy atom. The number of piperidine rings is 1. The number of rotatable bonds is 2. The maximum Gasteiger partial charge on any atom is 0.242 e. The van der Waals surface area contributed by atoms with Gasteiger partial charge in [-0.15, -0.1) is 0 Å². The molecular formula is C11H16ClN3O. The van der Waals surface area contributed by atoms with E-state index in [0.717, 1.165) is 19.4 Å². The number of halogens is 1. The Morgan fingerprint density at radius 2 is 2.44 bits per heavy atom. The fourth-order valence-corrected chi connectivity index (χ4v) is 2.31. The highest BCUT2D eigenvalue weighted by molar-refractivity contribution is 6.28. The summed E-state index contributed by atoms with van der Waals surface area (Å²) in [5.41, 5.74) is 0. The predicted molar refractivity (Wildman–Crippen MR) is 62.3 cm³/mol. The lowest BCUT2D eigenvalue weighted by atomic mass is 10.0. The Labute approximate surface area is 100 Å². The Hall–Kier alpha value is -1.03. The van der Waals surface area contributed by atoms with Gasteiger partial charge in [0.1, 0.15) is 6.54 Å². The van der Waals surface area contributed by atoms with Gasteiger partial charge in [-0.2, -0.15) is 0 Å². The van der Waals surface area contributed by atoms with Crippen LogP contribution in [0.4, 0.5) is 0 Å². The number of imidazole rings is 1. The summed E-state index contributed by atoms with van der Waals surface area (Å²) in [6.07, 6.45) is 6.76. The Balaban J connectivity index is 2.00. The minimum Gasteiger partial charge on any atom is -0.338 e. The number of amides is 1. The molecule has 1 fully saturated rings. The quantitative estimate of drug-likeness (QED) is 0.794. The molecule has 1 aliphatic heterocycles. The maximum atomic E-state index is 12.0. The zero-order valence-electron chi connectivity index (χ0n) is 9.40. The molecule has 4 nitrogen and oxygen atoms in total. The second kappa shape index (κ2) is 4.87. The minimum atomic E-state index is 0.132. The molecule has 1 aliphatic rings. The summed E-state index contributed by atoms with van der Waals surface area (Å²) >= 11 is 5.84. The summed E-state index contributed by atoms with van der Waals surface area (Å²) in [6, 6.07) is 0.351. The van der Waals surface area contributed by atoms with Gasteiger partial charge in [-0.05, 0) is 37.8 Å². The van der Waals surface area contributed by atoms with Crippen molar-refractivity contribution in [3.8, 4) is 0 Å². The fourth-order valence-electron chi connectivity index (χ4n) is 2.13. The van der Waals surface area contributed by atoms with E-state index in [4.69, 9.17) is 11.6 Å². The van der Waals surface area contributed by atoms with E-state index in [9.17, 15) is 4.79 Å². The molecule has 0 radical (unpaired) electrons. The molecule has 16 heavy (non-hydrogen) atoms. The molecule has 1 aromatic heterocycles. The molecule has 1 unspecified atom stereocenters. The number of hydrogen-bond donors (Lipinski definition) is 0. The molecule has 2 rings (SSSR count). The van der Waals surface area contributed by atoms with Gasteiger partial charge in [0.2, 0.25) is 11.2 Å². The second-order valence-electron chi connectivity index (χ2n) is 4.26. The van der Waals surface area contributed by atoms with E-state index < -0.39 is 0 Å². The fraction of sp³-hybridized carbons (Fsp3) is 0.636. The van der Waals surface area contributed by atoms with Crippen LogP contribution in [0.3, 0.4) is 0 Å². The number of hydrogen-bond acceptors (Lipinski definition) is 2. The third-order valence-electron chi connectivity index (χ3n) is 3.09. The average Bonchev–Trinajstić information content (AvgIpc) is 2.65. The van der Waals surface area contributed by atoms with Crippen LogP contribution in [-0.2, 0) is 11.3 Å². The topological polar surface area (TPSA) is 38.1 Å². The second-order valence-corrected chi connectivity index (χ2v) is 4.59. The van der Waals surface area contributed by atoms with Crippen molar-refractivity contribution >= 4 is 17.5 Å².